The van der Waals surface area contributed by atoms with Crippen molar-refractivity contribution in [2.24, 2.45) is 7.05 Å². The number of pyridine rings is 1. The van der Waals surface area contributed by atoms with Crippen LogP contribution in [0.15, 0.2) is 48.8 Å². The second-order valence-electron chi connectivity index (χ2n) is 5.82. The number of nitrogens with zero attached hydrogens (tertiary/aromatic N) is 2. The lowest BCUT2D eigenvalue weighted by atomic mass is 10.2. The number of benzene rings is 1. The highest BCUT2D eigenvalue weighted by Gasteiger charge is 2.18. The zero-order valence-electron chi connectivity index (χ0n) is 13.5. The maximum atomic E-state index is 2.30. The first-order valence-corrected chi connectivity index (χ1v) is 8.98. The van der Waals surface area contributed by atoms with Crippen molar-refractivity contribution in [1.82, 2.24) is 0 Å². The number of aromatic nitrogens is 2. The van der Waals surface area contributed by atoms with Crippen LogP contribution in [0.3, 0.4) is 0 Å². The average Bonchev–Trinajstić information content (AvgIpc) is 2.90. The summed E-state index contributed by atoms with van der Waals surface area (Å²) in [7, 11) is 2.15. The lowest BCUT2D eigenvalue weighted by Crippen LogP contribution is -2.33. The Balaban J connectivity index is 1.78. The Morgan fingerprint density at radius 1 is 0.955 bits per heavy atom. The molecule has 2 aromatic heterocycles. The Labute approximate surface area is 136 Å². The van der Waals surface area contributed by atoms with Gasteiger partial charge in [0.1, 0.15) is 18.3 Å². The van der Waals surface area contributed by atoms with Crippen LogP contribution in [0.1, 0.15) is 32.6 Å². The first kappa shape index (κ1) is 15.2. The van der Waals surface area contributed by atoms with Crippen LogP contribution >= 0.6 is 11.3 Å². The summed E-state index contributed by atoms with van der Waals surface area (Å²) in [5.74, 6) is 0. The number of para-hydroxylation sites is 1. The molecule has 0 radical (unpaired) electrons. The van der Waals surface area contributed by atoms with Crippen molar-refractivity contribution in [2.45, 2.75) is 39.2 Å². The van der Waals surface area contributed by atoms with Crippen molar-refractivity contribution in [3.8, 4) is 10.6 Å². The zero-order chi connectivity index (χ0) is 15.4. The second kappa shape index (κ2) is 7.01. The molecule has 0 saturated heterocycles. The van der Waals surface area contributed by atoms with E-state index < -0.39 is 0 Å². The molecule has 3 aromatic rings. The summed E-state index contributed by atoms with van der Waals surface area (Å²) in [4.78, 5) is 0. The van der Waals surface area contributed by atoms with Crippen molar-refractivity contribution in [1.29, 1.82) is 0 Å². The third-order valence-electron chi connectivity index (χ3n) is 4.15. The largest absolute Gasteiger partial charge is 0.270 e. The van der Waals surface area contributed by atoms with Crippen LogP contribution < -0.4 is 9.13 Å². The number of thiazole rings is 1. The second-order valence-corrected chi connectivity index (χ2v) is 6.85. The van der Waals surface area contributed by atoms with E-state index in [-0.39, 0.29) is 0 Å². The smallest absolute Gasteiger partial charge is 0.205 e. The first-order chi connectivity index (χ1) is 10.8. The molecule has 1 aromatic carbocycles. The van der Waals surface area contributed by atoms with Crippen molar-refractivity contribution in [3.05, 3.63) is 48.8 Å². The van der Waals surface area contributed by atoms with Crippen LogP contribution in [0.25, 0.3) is 20.8 Å². The molecule has 2 nitrogen and oxygen atoms in total. The molecule has 0 aliphatic rings. The van der Waals surface area contributed by atoms with E-state index in [1.807, 2.05) is 11.3 Å². The Kier molecular flexibility index (Phi) is 4.84. The quantitative estimate of drug-likeness (QED) is 0.474. The summed E-state index contributed by atoms with van der Waals surface area (Å²) in [6, 6.07) is 13.1. The SMILES string of the molecule is CCCCCC[n+]1ccc(-c2sc3ccccc3[n+]2C)cc1. The third-order valence-corrected chi connectivity index (χ3v) is 5.41. The number of unbranched alkanes of at least 4 members (excludes halogenated alkanes) is 3. The molecule has 2 heterocycles. The predicted molar refractivity (Wildman–Crippen MR) is 92.8 cm³/mol. The topological polar surface area (TPSA) is 7.76 Å². The number of hydrogen-bond acceptors (Lipinski definition) is 1. The molecule has 0 atom stereocenters. The Morgan fingerprint density at radius 3 is 2.45 bits per heavy atom. The lowest BCUT2D eigenvalue weighted by Gasteiger charge is -1.98. The van der Waals surface area contributed by atoms with E-state index in [9.17, 15) is 0 Å². The molecule has 0 fully saturated rings. The molecule has 0 spiro atoms. The number of aryl methyl sites for hydroxylation is 2. The summed E-state index contributed by atoms with van der Waals surface area (Å²) < 4.78 is 5.93. The summed E-state index contributed by atoms with van der Waals surface area (Å²) in [5, 5.41) is 1.32. The number of fused-ring (bicyclic) bond motifs is 1. The van der Waals surface area contributed by atoms with Crippen molar-refractivity contribution in [2.75, 3.05) is 0 Å². The third kappa shape index (κ3) is 3.20. The van der Waals surface area contributed by atoms with Gasteiger partial charge in [0, 0.05) is 24.6 Å². The summed E-state index contributed by atoms with van der Waals surface area (Å²) in [6.45, 7) is 3.38. The van der Waals surface area contributed by atoms with E-state index in [0.717, 1.165) is 6.54 Å². The first-order valence-electron chi connectivity index (χ1n) is 8.16. The molecule has 0 aliphatic heterocycles. The van der Waals surface area contributed by atoms with Gasteiger partial charge in [-0.05, 0) is 12.5 Å². The molecular weight excluding hydrogens is 288 g/mol. The molecule has 0 unspecified atom stereocenters. The van der Waals surface area contributed by atoms with Crippen LogP contribution in [0.5, 0.6) is 0 Å². The van der Waals surface area contributed by atoms with Crippen LogP contribution in [0, 0.1) is 0 Å². The Morgan fingerprint density at radius 2 is 1.73 bits per heavy atom. The molecule has 0 aliphatic carbocycles. The van der Waals surface area contributed by atoms with Crippen molar-refractivity contribution >= 4 is 21.6 Å². The van der Waals surface area contributed by atoms with Gasteiger partial charge in [0.15, 0.2) is 12.4 Å². The zero-order valence-corrected chi connectivity index (χ0v) is 14.3. The van der Waals surface area contributed by atoms with Crippen LogP contribution in [-0.2, 0) is 13.6 Å². The highest BCUT2D eigenvalue weighted by molar-refractivity contribution is 7.21. The van der Waals surface area contributed by atoms with Gasteiger partial charge in [-0.25, -0.2) is 4.57 Å². The minimum atomic E-state index is 1.12. The van der Waals surface area contributed by atoms with Gasteiger partial charge in [-0.1, -0.05) is 43.2 Å². The predicted octanol–water partition coefficient (Wildman–Crippen LogP) is 4.26. The van der Waals surface area contributed by atoms with Gasteiger partial charge in [-0.3, -0.25) is 0 Å². The standard InChI is InChI=1S/C19H24N2S/c1-3-4-5-8-13-21-14-11-16(12-15-21)19-20(2)17-9-6-7-10-18(17)22-19/h6-7,9-12,14-15H,3-5,8,13H2,1-2H3/q+2. The fourth-order valence-electron chi connectivity index (χ4n) is 2.83. The van der Waals surface area contributed by atoms with Gasteiger partial charge in [0.05, 0.1) is 5.56 Å². The molecule has 22 heavy (non-hydrogen) atoms. The van der Waals surface area contributed by atoms with Gasteiger partial charge in [0.2, 0.25) is 5.52 Å². The summed E-state index contributed by atoms with van der Waals surface area (Å²) >= 11 is 1.86. The normalized spacial score (nSPS) is 11.2. The van der Waals surface area contributed by atoms with Crippen LogP contribution in [-0.4, -0.2) is 0 Å². The molecule has 3 heteroatoms. The van der Waals surface area contributed by atoms with E-state index in [4.69, 9.17) is 0 Å². The van der Waals surface area contributed by atoms with Gasteiger partial charge < -0.3 is 0 Å². The molecule has 0 saturated carbocycles. The fourth-order valence-corrected chi connectivity index (χ4v) is 3.98. The van der Waals surface area contributed by atoms with Gasteiger partial charge >= 0.3 is 0 Å². The Bertz CT molecular complexity index is 744. The highest BCUT2D eigenvalue weighted by Crippen LogP contribution is 2.27. The maximum Gasteiger partial charge on any atom is 0.270 e. The van der Waals surface area contributed by atoms with E-state index in [1.54, 1.807) is 0 Å². The number of hydrogen-bond donors (Lipinski definition) is 0. The molecule has 0 N–H and O–H groups in total. The van der Waals surface area contributed by atoms with Gasteiger partial charge in [-0.2, -0.15) is 4.57 Å². The van der Waals surface area contributed by atoms with Crippen molar-refractivity contribution in [3.63, 3.8) is 0 Å². The van der Waals surface area contributed by atoms with E-state index in [1.165, 1.54) is 46.5 Å². The van der Waals surface area contributed by atoms with Gasteiger partial charge in [0.25, 0.3) is 5.01 Å². The summed E-state index contributed by atoms with van der Waals surface area (Å²) in [6.07, 6.45) is 9.67. The maximum absolute atomic E-state index is 2.30. The van der Waals surface area contributed by atoms with Crippen LogP contribution in [0.2, 0.25) is 0 Å². The lowest BCUT2D eigenvalue weighted by molar-refractivity contribution is -0.697. The van der Waals surface area contributed by atoms with Gasteiger partial charge in [-0.15, -0.1) is 0 Å². The molecular formula is C19H24N2S+2. The number of rotatable bonds is 6. The molecule has 114 valence electrons. The minimum Gasteiger partial charge on any atom is -0.205 e. The molecule has 3 rings (SSSR count). The molecule has 0 amide bonds. The van der Waals surface area contributed by atoms with E-state index in [0.29, 0.717) is 0 Å². The monoisotopic (exact) mass is 312 g/mol. The summed E-state index contributed by atoms with van der Waals surface area (Å²) in [5.41, 5.74) is 2.60. The minimum absolute atomic E-state index is 1.12. The van der Waals surface area contributed by atoms with E-state index in [2.05, 4.69) is 71.9 Å². The molecule has 0 bridgehead atoms. The highest BCUT2D eigenvalue weighted by atomic mass is 32.1. The fraction of sp³-hybridized carbons (Fsp3) is 0.368. The van der Waals surface area contributed by atoms with Crippen molar-refractivity contribution < 1.29 is 9.13 Å². The average molecular weight is 312 g/mol. The van der Waals surface area contributed by atoms with E-state index >= 15 is 0 Å². The Hall–Kier alpha value is -1.74. The van der Waals surface area contributed by atoms with Crippen LogP contribution in [0.4, 0.5) is 0 Å².